The fourth-order valence-corrected chi connectivity index (χ4v) is 1.85. The van der Waals surface area contributed by atoms with Gasteiger partial charge in [-0.1, -0.05) is 12.1 Å². The lowest BCUT2D eigenvalue weighted by Crippen LogP contribution is -2.18. The molecule has 0 bridgehead atoms. The van der Waals surface area contributed by atoms with Gasteiger partial charge in [0, 0.05) is 24.3 Å². The second-order valence-electron chi connectivity index (χ2n) is 3.66. The summed E-state index contributed by atoms with van der Waals surface area (Å²) in [4.78, 5) is 2.34. The summed E-state index contributed by atoms with van der Waals surface area (Å²) >= 11 is 0. The number of nitrogens with one attached hydrogen (secondary N) is 1. The van der Waals surface area contributed by atoms with Crippen LogP contribution in [0.2, 0.25) is 0 Å². The lowest BCUT2D eigenvalue weighted by Gasteiger charge is -2.17. The molecule has 3 nitrogen and oxygen atoms in total. The molecule has 74 valence electrons. The van der Waals surface area contributed by atoms with E-state index in [4.69, 9.17) is 11.1 Å². The molecular formula is C11H15N3. The first-order chi connectivity index (χ1) is 6.77. The lowest BCUT2D eigenvalue weighted by molar-refractivity contribution is 0.949. The van der Waals surface area contributed by atoms with Crippen molar-refractivity contribution in [2.75, 3.05) is 18.0 Å². The van der Waals surface area contributed by atoms with Gasteiger partial charge in [0.1, 0.15) is 5.84 Å². The van der Waals surface area contributed by atoms with Crippen LogP contribution in [-0.4, -0.2) is 18.9 Å². The second-order valence-corrected chi connectivity index (χ2v) is 3.66. The number of nitrogens with two attached hydrogens (primary N) is 1. The third-order valence-electron chi connectivity index (χ3n) is 2.63. The Balaban J connectivity index is 2.25. The third-order valence-corrected chi connectivity index (χ3v) is 2.63. The maximum absolute atomic E-state index is 7.36. The van der Waals surface area contributed by atoms with E-state index in [0.29, 0.717) is 0 Å². The Kier molecular flexibility index (Phi) is 2.39. The van der Waals surface area contributed by atoms with Crippen molar-refractivity contribution in [3.8, 4) is 0 Å². The summed E-state index contributed by atoms with van der Waals surface area (Å²) in [5, 5.41) is 7.36. The normalized spacial score (nSPS) is 15.9. The monoisotopic (exact) mass is 189 g/mol. The zero-order chi connectivity index (χ0) is 9.97. The van der Waals surface area contributed by atoms with Gasteiger partial charge in [0.2, 0.25) is 0 Å². The number of nitrogen functional groups attached to an aromatic ring is 1. The molecule has 0 radical (unpaired) electrons. The fourth-order valence-electron chi connectivity index (χ4n) is 1.85. The molecule has 0 spiro atoms. The van der Waals surface area contributed by atoms with E-state index in [2.05, 4.69) is 11.0 Å². The average Bonchev–Trinajstić information content (AvgIpc) is 2.71. The molecule has 0 atom stereocenters. The first-order valence-electron chi connectivity index (χ1n) is 4.97. The van der Waals surface area contributed by atoms with Gasteiger partial charge < -0.3 is 10.6 Å². The van der Waals surface area contributed by atoms with Crippen LogP contribution in [0.5, 0.6) is 0 Å². The Morgan fingerprint density at radius 3 is 2.64 bits per heavy atom. The zero-order valence-corrected chi connectivity index (χ0v) is 8.16. The maximum atomic E-state index is 7.36. The smallest absolute Gasteiger partial charge is 0.122 e. The molecular weight excluding hydrogens is 174 g/mol. The summed E-state index contributed by atoms with van der Waals surface area (Å²) in [5.41, 5.74) is 7.45. The average molecular weight is 189 g/mol. The first-order valence-corrected chi connectivity index (χ1v) is 4.97. The summed E-state index contributed by atoms with van der Waals surface area (Å²) < 4.78 is 0. The van der Waals surface area contributed by atoms with E-state index in [-0.39, 0.29) is 5.84 Å². The van der Waals surface area contributed by atoms with Gasteiger partial charge in [0.25, 0.3) is 0 Å². The predicted molar refractivity (Wildman–Crippen MR) is 58.9 cm³/mol. The summed E-state index contributed by atoms with van der Waals surface area (Å²) in [5.74, 6) is 0.144. The largest absolute Gasteiger partial charge is 0.384 e. The minimum absolute atomic E-state index is 0.144. The van der Waals surface area contributed by atoms with Gasteiger partial charge >= 0.3 is 0 Å². The number of hydrogen-bond acceptors (Lipinski definition) is 2. The van der Waals surface area contributed by atoms with Crippen molar-refractivity contribution < 1.29 is 0 Å². The number of rotatable bonds is 2. The van der Waals surface area contributed by atoms with E-state index >= 15 is 0 Å². The zero-order valence-electron chi connectivity index (χ0n) is 8.16. The number of nitrogens with zero attached hydrogens (tertiary/aromatic N) is 1. The van der Waals surface area contributed by atoms with Crippen LogP contribution in [0, 0.1) is 5.41 Å². The molecule has 0 amide bonds. The van der Waals surface area contributed by atoms with Crippen molar-refractivity contribution in [2.45, 2.75) is 12.8 Å². The Morgan fingerprint density at radius 1 is 1.29 bits per heavy atom. The van der Waals surface area contributed by atoms with Crippen molar-refractivity contribution in [1.82, 2.24) is 0 Å². The standard InChI is InChI=1S/C11H15N3/c12-11(13)9-4-3-5-10(8-9)14-6-1-2-7-14/h3-5,8H,1-2,6-7H2,(H3,12,13). The van der Waals surface area contributed by atoms with Gasteiger partial charge in [-0.2, -0.15) is 0 Å². The van der Waals surface area contributed by atoms with Crippen LogP contribution in [0.1, 0.15) is 18.4 Å². The Labute approximate surface area is 84.0 Å². The third kappa shape index (κ3) is 1.71. The summed E-state index contributed by atoms with van der Waals surface area (Å²) in [6.07, 6.45) is 2.54. The van der Waals surface area contributed by atoms with Crippen LogP contribution >= 0.6 is 0 Å². The second kappa shape index (κ2) is 3.70. The summed E-state index contributed by atoms with van der Waals surface area (Å²) in [6, 6.07) is 7.91. The minimum Gasteiger partial charge on any atom is -0.384 e. The highest BCUT2D eigenvalue weighted by molar-refractivity contribution is 5.95. The van der Waals surface area contributed by atoms with E-state index < -0.39 is 0 Å². The molecule has 0 aromatic heterocycles. The highest BCUT2D eigenvalue weighted by Gasteiger charge is 2.12. The predicted octanol–water partition coefficient (Wildman–Crippen LogP) is 1.57. The molecule has 1 aromatic carbocycles. The van der Waals surface area contributed by atoms with E-state index in [1.165, 1.54) is 18.5 Å². The number of hydrogen-bond donors (Lipinski definition) is 2. The molecule has 1 aliphatic rings. The number of anilines is 1. The first kappa shape index (κ1) is 9.06. The minimum atomic E-state index is 0.144. The number of benzene rings is 1. The number of amidine groups is 1. The molecule has 1 aromatic rings. The van der Waals surface area contributed by atoms with E-state index in [1.807, 2.05) is 18.2 Å². The Morgan fingerprint density at radius 2 is 2.00 bits per heavy atom. The highest BCUT2D eigenvalue weighted by atomic mass is 15.1. The molecule has 1 aliphatic heterocycles. The molecule has 3 N–H and O–H groups in total. The van der Waals surface area contributed by atoms with Crippen LogP contribution in [0.25, 0.3) is 0 Å². The quantitative estimate of drug-likeness (QED) is 0.548. The fraction of sp³-hybridized carbons (Fsp3) is 0.364. The molecule has 1 fully saturated rings. The van der Waals surface area contributed by atoms with Gasteiger partial charge in [-0.15, -0.1) is 0 Å². The van der Waals surface area contributed by atoms with Gasteiger partial charge in [0.05, 0.1) is 0 Å². The summed E-state index contributed by atoms with van der Waals surface area (Å²) in [6.45, 7) is 2.25. The van der Waals surface area contributed by atoms with Crippen LogP contribution < -0.4 is 10.6 Å². The van der Waals surface area contributed by atoms with Crippen molar-refractivity contribution in [3.63, 3.8) is 0 Å². The van der Waals surface area contributed by atoms with Gasteiger partial charge in [-0.3, -0.25) is 5.41 Å². The van der Waals surface area contributed by atoms with Gasteiger partial charge in [0.15, 0.2) is 0 Å². The molecule has 14 heavy (non-hydrogen) atoms. The Bertz CT molecular complexity index is 340. The maximum Gasteiger partial charge on any atom is 0.122 e. The Hall–Kier alpha value is -1.51. The molecule has 2 rings (SSSR count). The van der Waals surface area contributed by atoms with Crippen LogP contribution in [0.15, 0.2) is 24.3 Å². The highest BCUT2D eigenvalue weighted by Crippen LogP contribution is 2.20. The SMILES string of the molecule is N=C(N)c1cccc(N2CCCC2)c1. The van der Waals surface area contributed by atoms with Crippen LogP contribution in [0.4, 0.5) is 5.69 Å². The van der Waals surface area contributed by atoms with E-state index in [9.17, 15) is 0 Å². The lowest BCUT2D eigenvalue weighted by atomic mass is 10.2. The molecule has 1 heterocycles. The topological polar surface area (TPSA) is 53.1 Å². The van der Waals surface area contributed by atoms with Crippen molar-refractivity contribution in [2.24, 2.45) is 5.73 Å². The molecule has 3 heteroatoms. The molecule has 0 unspecified atom stereocenters. The summed E-state index contributed by atoms with van der Waals surface area (Å²) in [7, 11) is 0. The van der Waals surface area contributed by atoms with E-state index in [1.54, 1.807) is 0 Å². The van der Waals surface area contributed by atoms with Gasteiger partial charge in [-0.05, 0) is 25.0 Å². The van der Waals surface area contributed by atoms with Crippen molar-refractivity contribution in [3.05, 3.63) is 29.8 Å². The molecule has 1 saturated heterocycles. The van der Waals surface area contributed by atoms with Crippen molar-refractivity contribution in [1.29, 1.82) is 5.41 Å². The van der Waals surface area contributed by atoms with Crippen molar-refractivity contribution >= 4 is 11.5 Å². The van der Waals surface area contributed by atoms with E-state index in [0.717, 1.165) is 18.7 Å². The molecule has 0 saturated carbocycles. The molecule has 0 aliphatic carbocycles. The van der Waals surface area contributed by atoms with Crippen LogP contribution in [-0.2, 0) is 0 Å². The van der Waals surface area contributed by atoms with Crippen LogP contribution in [0.3, 0.4) is 0 Å². The van der Waals surface area contributed by atoms with Gasteiger partial charge in [-0.25, -0.2) is 0 Å².